The van der Waals surface area contributed by atoms with E-state index in [1.807, 2.05) is 0 Å². The monoisotopic (exact) mass is 352 g/mol. The number of halogens is 1. The van der Waals surface area contributed by atoms with Gasteiger partial charge in [0.05, 0.1) is 5.92 Å². The molecule has 110 valence electrons. The van der Waals surface area contributed by atoms with Crippen LogP contribution in [0.15, 0.2) is 28.7 Å². The van der Waals surface area contributed by atoms with E-state index in [-0.39, 0.29) is 6.42 Å². The standard InChI is InChI=1S/C14H13BrN2O4/c1-8(18)16(9(2)19)17-13(20)7-12(14(17)21)10-4-3-5-11(15)6-10/h3-6,12H,7H2,1-2H3. The molecule has 1 saturated heterocycles. The molecule has 1 aliphatic rings. The summed E-state index contributed by atoms with van der Waals surface area (Å²) in [5.74, 6) is -3.15. The van der Waals surface area contributed by atoms with E-state index in [2.05, 4.69) is 15.9 Å². The van der Waals surface area contributed by atoms with Gasteiger partial charge in [0.2, 0.25) is 17.7 Å². The number of hydrogen-bond acceptors (Lipinski definition) is 4. The number of carbonyl (C=O) groups is 4. The molecule has 1 atom stereocenters. The molecule has 0 spiro atoms. The maximum atomic E-state index is 12.4. The van der Waals surface area contributed by atoms with Crippen molar-refractivity contribution in [3.8, 4) is 0 Å². The van der Waals surface area contributed by atoms with E-state index in [9.17, 15) is 19.2 Å². The van der Waals surface area contributed by atoms with Gasteiger partial charge in [-0.1, -0.05) is 28.1 Å². The van der Waals surface area contributed by atoms with Gasteiger partial charge in [0.1, 0.15) is 0 Å². The van der Waals surface area contributed by atoms with Gasteiger partial charge in [-0.25, -0.2) is 0 Å². The van der Waals surface area contributed by atoms with Crippen LogP contribution in [0.1, 0.15) is 31.7 Å². The quantitative estimate of drug-likeness (QED) is 0.757. The zero-order valence-corrected chi connectivity index (χ0v) is 13.1. The Kier molecular flexibility index (Phi) is 4.22. The number of nitrogens with zero attached hydrogens (tertiary/aromatic N) is 2. The number of amides is 4. The maximum absolute atomic E-state index is 12.4. The van der Waals surface area contributed by atoms with Gasteiger partial charge in [-0.05, 0) is 17.7 Å². The average Bonchev–Trinajstić information content (AvgIpc) is 2.66. The van der Waals surface area contributed by atoms with Crippen molar-refractivity contribution in [2.75, 3.05) is 0 Å². The second-order valence-corrected chi connectivity index (χ2v) is 5.62. The first kappa shape index (κ1) is 15.4. The van der Waals surface area contributed by atoms with Gasteiger partial charge in [0.25, 0.3) is 5.91 Å². The summed E-state index contributed by atoms with van der Waals surface area (Å²) in [6.45, 7) is 2.27. The highest BCUT2D eigenvalue weighted by Crippen LogP contribution is 2.32. The molecule has 0 aromatic heterocycles. The minimum Gasteiger partial charge on any atom is -0.273 e. The second-order valence-electron chi connectivity index (χ2n) is 4.71. The minimum atomic E-state index is -0.684. The normalized spacial score (nSPS) is 18.0. The van der Waals surface area contributed by atoms with Crippen LogP contribution in [0, 0.1) is 0 Å². The first-order valence-electron chi connectivity index (χ1n) is 6.26. The van der Waals surface area contributed by atoms with Crippen molar-refractivity contribution in [1.29, 1.82) is 0 Å². The number of carbonyl (C=O) groups excluding carboxylic acids is 4. The Morgan fingerprint density at radius 2 is 1.86 bits per heavy atom. The molecule has 1 fully saturated rings. The minimum absolute atomic E-state index is 0.0631. The van der Waals surface area contributed by atoms with Crippen molar-refractivity contribution in [3.63, 3.8) is 0 Å². The molecular formula is C14H13BrN2O4. The summed E-state index contributed by atoms with van der Waals surface area (Å²) in [7, 11) is 0. The number of imide groups is 2. The van der Waals surface area contributed by atoms with Gasteiger partial charge in [-0.3, -0.25) is 19.2 Å². The molecule has 0 saturated carbocycles. The molecule has 21 heavy (non-hydrogen) atoms. The zero-order valence-electron chi connectivity index (χ0n) is 11.5. The van der Waals surface area contributed by atoms with E-state index >= 15 is 0 Å². The van der Waals surface area contributed by atoms with Gasteiger partial charge in [0, 0.05) is 24.7 Å². The fourth-order valence-electron chi connectivity index (χ4n) is 2.32. The third-order valence-electron chi connectivity index (χ3n) is 3.17. The van der Waals surface area contributed by atoms with E-state index in [4.69, 9.17) is 0 Å². The summed E-state index contributed by atoms with van der Waals surface area (Å²) < 4.78 is 0.786. The van der Waals surface area contributed by atoms with Crippen LogP contribution in [0.4, 0.5) is 0 Å². The van der Waals surface area contributed by atoms with Gasteiger partial charge in [-0.2, -0.15) is 10.0 Å². The summed E-state index contributed by atoms with van der Waals surface area (Å²) >= 11 is 3.31. The average molecular weight is 353 g/mol. The lowest BCUT2D eigenvalue weighted by Gasteiger charge is -2.26. The number of hydrazine groups is 1. The molecule has 1 aliphatic heterocycles. The predicted octanol–water partition coefficient (Wildman–Crippen LogP) is 1.60. The molecule has 0 radical (unpaired) electrons. The first-order chi connectivity index (χ1) is 9.82. The topological polar surface area (TPSA) is 74.8 Å². The Hall–Kier alpha value is -2.02. The molecule has 2 rings (SSSR count). The lowest BCUT2D eigenvalue weighted by atomic mass is 9.98. The molecule has 7 heteroatoms. The fourth-order valence-corrected chi connectivity index (χ4v) is 2.73. The van der Waals surface area contributed by atoms with E-state index in [0.717, 1.165) is 18.3 Å². The summed E-state index contributed by atoms with van der Waals surface area (Å²) in [4.78, 5) is 47.5. The molecule has 4 amide bonds. The molecule has 0 bridgehead atoms. The predicted molar refractivity (Wildman–Crippen MR) is 76.6 cm³/mol. The third-order valence-corrected chi connectivity index (χ3v) is 3.66. The second kappa shape index (κ2) is 5.77. The summed E-state index contributed by atoms with van der Waals surface area (Å²) in [5.41, 5.74) is 0.664. The lowest BCUT2D eigenvalue weighted by Crippen LogP contribution is -2.51. The molecule has 1 aromatic carbocycles. The third kappa shape index (κ3) is 2.87. The Bertz CT molecular complexity index is 630. The van der Waals surface area contributed by atoms with Crippen molar-refractivity contribution < 1.29 is 19.2 Å². The van der Waals surface area contributed by atoms with Crippen molar-refractivity contribution in [2.45, 2.75) is 26.2 Å². The largest absolute Gasteiger partial charge is 0.273 e. The fraction of sp³-hybridized carbons (Fsp3) is 0.286. The SMILES string of the molecule is CC(=O)N(C(C)=O)N1C(=O)CC(c2cccc(Br)c2)C1=O. The van der Waals surface area contributed by atoms with E-state index in [1.54, 1.807) is 24.3 Å². The van der Waals surface area contributed by atoms with E-state index in [0.29, 0.717) is 15.6 Å². The molecule has 0 aliphatic carbocycles. The molecule has 6 nitrogen and oxygen atoms in total. The molecule has 1 unspecified atom stereocenters. The lowest BCUT2D eigenvalue weighted by molar-refractivity contribution is -0.174. The summed E-state index contributed by atoms with van der Waals surface area (Å²) in [6, 6.07) is 7.04. The smallest absolute Gasteiger partial charge is 0.256 e. The molecule has 1 aromatic rings. The Balaban J connectivity index is 2.36. The van der Waals surface area contributed by atoms with Crippen LogP contribution >= 0.6 is 15.9 Å². The van der Waals surface area contributed by atoms with Gasteiger partial charge in [0.15, 0.2) is 0 Å². The highest BCUT2D eigenvalue weighted by molar-refractivity contribution is 9.10. The molecular weight excluding hydrogens is 340 g/mol. The van der Waals surface area contributed by atoms with Crippen LogP contribution in [0.5, 0.6) is 0 Å². The zero-order chi connectivity index (χ0) is 15.7. The van der Waals surface area contributed by atoms with Gasteiger partial charge >= 0.3 is 0 Å². The number of hydrogen-bond donors (Lipinski definition) is 0. The number of rotatable bonds is 2. The van der Waals surface area contributed by atoms with Crippen LogP contribution in [-0.4, -0.2) is 33.6 Å². The van der Waals surface area contributed by atoms with E-state index < -0.39 is 29.5 Å². The van der Waals surface area contributed by atoms with Crippen LogP contribution in [0.25, 0.3) is 0 Å². The molecule has 0 N–H and O–H groups in total. The Labute approximate surface area is 129 Å². The maximum Gasteiger partial charge on any atom is 0.256 e. The summed E-state index contributed by atoms with van der Waals surface area (Å²) in [6.07, 6.45) is -0.0631. The molecule has 1 heterocycles. The first-order valence-corrected chi connectivity index (χ1v) is 7.05. The van der Waals surface area contributed by atoms with Crippen LogP contribution in [0.2, 0.25) is 0 Å². The van der Waals surface area contributed by atoms with Crippen LogP contribution < -0.4 is 0 Å². The highest BCUT2D eigenvalue weighted by Gasteiger charge is 2.45. The van der Waals surface area contributed by atoms with Crippen LogP contribution in [0.3, 0.4) is 0 Å². The van der Waals surface area contributed by atoms with Crippen molar-refractivity contribution >= 4 is 39.6 Å². The van der Waals surface area contributed by atoms with Crippen molar-refractivity contribution in [1.82, 2.24) is 10.0 Å². The number of benzene rings is 1. The Morgan fingerprint density at radius 1 is 1.24 bits per heavy atom. The summed E-state index contributed by atoms with van der Waals surface area (Å²) in [5, 5.41) is 1.24. The highest BCUT2D eigenvalue weighted by atomic mass is 79.9. The Morgan fingerprint density at radius 3 is 2.38 bits per heavy atom. The van der Waals surface area contributed by atoms with E-state index in [1.165, 1.54) is 0 Å². The van der Waals surface area contributed by atoms with Gasteiger partial charge in [-0.15, -0.1) is 0 Å². The van der Waals surface area contributed by atoms with Crippen molar-refractivity contribution in [3.05, 3.63) is 34.3 Å². The van der Waals surface area contributed by atoms with Gasteiger partial charge < -0.3 is 0 Å². The van der Waals surface area contributed by atoms with Crippen LogP contribution in [-0.2, 0) is 19.2 Å². The van der Waals surface area contributed by atoms with Crippen molar-refractivity contribution in [2.24, 2.45) is 0 Å².